The molecule has 0 aliphatic heterocycles. The predicted molar refractivity (Wildman–Crippen MR) is 44.1 cm³/mol. The third kappa shape index (κ3) is 1.36. The van der Waals surface area contributed by atoms with Gasteiger partial charge in [0, 0.05) is 5.69 Å². The van der Waals surface area contributed by atoms with Crippen LogP contribution in [0.15, 0.2) is 24.3 Å². The molecule has 52 valence electrons. The topological polar surface area (TPSA) is 43.1 Å². The van der Waals surface area contributed by atoms with Crippen LogP contribution in [0.2, 0.25) is 0 Å². The number of benzene rings is 1. The summed E-state index contributed by atoms with van der Waals surface area (Å²) in [7, 11) is 0. The highest BCUT2D eigenvalue weighted by molar-refractivity contribution is 9.18. The van der Waals surface area contributed by atoms with Crippen molar-refractivity contribution in [1.82, 2.24) is 0 Å². The number of nitrogen functional groups attached to an aromatic ring is 1. The van der Waals surface area contributed by atoms with Gasteiger partial charge in [-0.3, -0.25) is 4.79 Å². The Morgan fingerprint density at radius 1 is 1.40 bits per heavy atom. The summed E-state index contributed by atoms with van der Waals surface area (Å²) in [5.41, 5.74) is 6.49. The highest BCUT2D eigenvalue weighted by atomic mass is 79.9. The van der Waals surface area contributed by atoms with Gasteiger partial charge in [-0.05, 0) is 28.1 Å². The smallest absolute Gasteiger partial charge is 0.230 e. The number of nitrogens with two attached hydrogens (primary N) is 1. The Hall–Kier alpha value is -0.830. The Kier molecular flexibility index (Phi) is 2.06. The molecule has 0 saturated heterocycles. The van der Waals surface area contributed by atoms with Gasteiger partial charge in [0.25, 0.3) is 0 Å². The number of anilines is 1. The lowest BCUT2D eigenvalue weighted by Crippen LogP contribution is -1.95. The highest BCUT2D eigenvalue weighted by Crippen LogP contribution is 2.13. The molecule has 0 atom stereocenters. The maximum atomic E-state index is 10.7. The van der Waals surface area contributed by atoms with Crippen molar-refractivity contribution in [2.75, 3.05) is 5.73 Å². The van der Waals surface area contributed by atoms with E-state index in [1.807, 2.05) is 0 Å². The summed E-state index contributed by atoms with van der Waals surface area (Å²) in [4.78, 5) is 10.7. The Balaban J connectivity index is 3.15. The van der Waals surface area contributed by atoms with Gasteiger partial charge in [0.15, 0.2) is 0 Å². The summed E-state index contributed by atoms with van der Waals surface area (Å²) in [6.45, 7) is 0. The summed E-state index contributed by atoms with van der Waals surface area (Å²) in [5.74, 6) is 0. The van der Waals surface area contributed by atoms with Crippen molar-refractivity contribution in [3.8, 4) is 0 Å². The maximum Gasteiger partial charge on any atom is 0.230 e. The van der Waals surface area contributed by atoms with Gasteiger partial charge in [0.05, 0.1) is 5.56 Å². The van der Waals surface area contributed by atoms with E-state index in [2.05, 4.69) is 15.9 Å². The van der Waals surface area contributed by atoms with Crippen LogP contribution in [0.1, 0.15) is 10.4 Å². The van der Waals surface area contributed by atoms with Crippen molar-refractivity contribution in [1.29, 1.82) is 0 Å². The monoisotopic (exact) mass is 199 g/mol. The molecule has 0 saturated carbocycles. The lowest BCUT2D eigenvalue weighted by molar-refractivity contribution is 0.109. The third-order valence-corrected chi connectivity index (χ3v) is 1.60. The molecule has 0 heterocycles. The molecule has 0 spiro atoms. The van der Waals surface area contributed by atoms with Crippen LogP contribution in [0.3, 0.4) is 0 Å². The van der Waals surface area contributed by atoms with Crippen LogP contribution in [0.25, 0.3) is 0 Å². The van der Waals surface area contributed by atoms with Gasteiger partial charge in [-0.25, -0.2) is 0 Å². The molecule has 1 rings (SSSR count). The minimum atomic E-state index is -0.175. The van der Waals surface area contributed by atoms with E-state index >= 15 is 0 Å². The summed E-state index contributed by atoms with van der Waals surface area (Å²) >= 11 is 2.81. The zero-order valence-corrected chi connectivity index (χ0v) is 6.76. The average molecular weight is 200 g/mol. The quantitative estimate of drug-likeness (QED) is 0.554. The van der Waals surface area contributed by atoms with E-state index in [9.17, 15) is 4.79 Å². The van der Waals surface area contributed by atoms with Gasteiger partial charge >= 0.3 is 0 Å². The first kappa shape index (κ1) is 7.28. The van der Waals surface area contributed by atoms with Gasteiger partial charge in [0.2, 0.25) is 4.69 Å². The average Bonchev–Trinajstić information content (AvgIpc) is 1.88. The minimum Gasteiger partial charge on any atom is -0.398 e. The Morgan fingerprint density at radius 3 is 2.40 bits per heavy atom. The second-order valence-corrected chi connectivity index (χ2v) is 2.58. The summed E-state index contributed by atoms with van der Waals surface area (Å²) in [6.07, 6.45) is 0. The first-order chi connectivity index (χ1) is 4.72. The summed E-state index contributed by atoms with van der Waals surface area (Å²) in [5, 5.41) is 0. The Bertz CT molecular complexity index is 260. The van der Waals surface area contributed by atoms with Crippen LogP contribution in [0.4, 0.5) is 5.69 Å². The fourth-order valence-electron chi connectivity index (χ4n) is 0.676. The Labute approximate surface area is 67.2 Å². The van der Waals surface area contributed by atoms with Crippen LogP contribution >= 0.6 is 15.9 Å². The second kappa shape index (κ2) is 2.84. The number of hydrogen-bond donors (Lipinski definition) is 1. The molecule has 0 aliphatic carbocycles. The molecule has 1 aromatic rings. The fraction of sp³-hybridized carbons (Fsp3) is 0. The molecule has 0 aromatic heterocycles. The molecule has 0 radical (unpaired) electrons. The predicted octanol–water partition coefficient (Wildman–Crippen LogP) is 1.80. The van der Waals surface area contributed by atoms with E-state index in [-0.39, 0.29) is 4.69 Å². The van der Waals surface area contributed by atoms with E-state index in [0.29, 0.717) is 11.3 Å². The zero-order chi connectivity index (χ0) is 7.56. The molecule has 1 aromatic carbocycles. The number of carbonyl (C=O) groups excluding carboxylic acids is 1. The molecule has 2 nitrogen and oxygen atoms in total. The van der Waals surface area contributed by atoms with E-state index in [1.165, 1.54) is 0 Å². The van der Waals surface area contributed by atoms with Crippen molar-refractivity contribution >= 4 is 26.3 Å². The van der Waals surface area contributed by atoms with Gasteiger partial charge < -0.3 is 5.73 Å². The van der Waals surface area contributed by atoms with E-state index in [1.54, 1.807) is 24.3 Å². The number of para-hydroxylation sites is 1. The van der Waals surface area contributed by atoms with Crippen LogP contribution in [-0.4, -0.2) is 4.69 Å². The molecule has 10 heavy (non-hydrogen) atoms. The lowest BCUT2D eigenvalue weighted by Gasteiger charge is -1.96. The summed E-state index contributed by atoms with van der Waals surface area (Å²) < 4.78 is -0.175. The van der Waals surface area contributed by atoms with Crippen LogP contribution in [0.5, 0.6) is 0 Å². The molecule has 2 N–H and O–H groups in total. The third-order valence-electron chi connectivity index (χ3n) is 1.17. The van der Waals surface area contributed by atoms with Crippen molar-refractivity contribution in [2.45, 2.75) is 0 Å². The SMILES string of the molecule is Nc1ccccc1C(=O)Br. The van der Waals surface area contributed by atoms with Crippen LogP contribution < -0.4 is 5.73 Å². The maximum absolute atomic E-state index is 10.7. The minimum absolute atomic E-state index is 0.175. The van der Waals surface area contributed by atoms with Crippen molar-refractivity contribution in [2.24, 2.45) is 0 Å². The summed E-state index contributed by atoms with van der Waals surface area (Å²) in [6, 6.07) is 6.92. The van der Waals surface area contributed by atoms with Gasteiger partial charge in [-0.2, -0.15) is 0 Å². The van der Waals surface area contributed by atoms with Crippen LogP contribution in [-0.2, 0) is 0 Å². The normalized spacial score (nSPS) is 9.30. The number of halogens is 1. The first-order valence-corrected chi connectivity index (χ1v) is 3.55. The van der Waals surface area contributed by atoms with E-state index in [0.717, 1.165) is 0 Å². The van der Waals surface area contributed by atoms with Crippen LogP contribution in [0, 0.1) is 0 Å². The molecular weight excluding hydrogens is 194 g/mol. The Morgan fingerprint density at radius 2 is 2.00 bits per heavy atom. The first-order valence-electron chi connectivity index (χ1n) is 2.76. The van der Waals surface area contributed by atoms with Crippen molar-refractivity contribution < 1.29 is 4.79 Å². The zero-order valence-electron chi connectivity index (χ0n) is 5.17. The largest absolute Gasteiger partial charge is 0.398 e. The number of hydrogen-bond acceptors (Lipinski definition) is 2. The molecule has 0 amide bonds. The standard InChI is InChI=1S/C7H6BrNO/c8-7(10)5-3-1-2-4-6(5)9/h1-4H,9H2. The molecule has 0 bridgehead atoms. The number of carbonyl (C=O) groups is 1. The second-order valence-electron chi connectivity index (χ2n) is 1.86. The molecule has 0 unspecified atom stereocenters. The van der Waals surface area contributed by atoms with E-state index in [4.69, 9.17) is 5.73 Å². The number of rotatable bonds is 1. The molecule has 0 fully saturated rings. The van der Waals surface area contributed by atoms with E-state index < -0.39 is 0 Å². The van der Waals surface area contributed by atoms with Crippen molar-refractivity contribution in [3.63, 3.8) is 0 Å². The fourth-order valence-corrected chi connectivity index (χ4v) is 1.04. The van der Waals surface area contributed by atoms with Gasteiger partial charge in [0.1, 0.15) is 0 Å². The van der Waals surface area contributed by atoms with Gasteiger partial charge in [-0.15, -0.1) is 0 Å². The molecular formula is C7H6BrNO. The lowest BCUT2D eigenvalue weighted by atomic mass is 10.2. The highest BCUT2D eigenvalue weighted by Gasteiger charge is 2.02. The molecule has 3 heteroatoms. The van der Waals surface area contributed by atoms with Gasteiger partial charge in [-0.1, -0.05) is 12.1 Å². The van der Waals surface area contributed by atoms with Crippen molar-refractivity contribution in [3.05, 3.63) is 29.8 Å². The molecule has 0 aliphatic rings.